The molecule has 0 aromatic carbocycles. The van der Waals surface area contributed by atoms with Crippen LogP contribution in [0.1, 0.15) is 68.9 Å². The Bertz CT molecular complexity index is 605. The minimum absolute atomic E-state index is 0.0133. The highest BCUT2D eigenvalue weighted by Gasteiger charge is 2.18. The highest BCUT2D eigenvalue weighted by atomic mass is 16.5. The lowest BCUT2D eigenvalue weighted by Crippen LogP contribution is -2.22. The summed E-state index contributed by atoms with van der Waals surface area (Å²) < 4.78 is 7.57. The summed E-state index contributed by atoms with van der Waals surface area (Å²) >= 11 is 0. The van der Waals surface area contributed by atoms with Gasteiger partial charge in [0.05, 0.1) is 12.6 Å². The zero-order valence-electron chi connectivity index (χ0n) is 13.4. The first-order valence-electron chi connectivity index (χ1n) is 8.24. The lowest BCUT2D eigenvalue weighted by Gasteiger charge is -2.15. The van der Waals surface area contributed by atoms with Crippen LogP contribution < -0.4 is 5.32 Å². The molecule has 7 nitrogen and oxygen atoms in total. The summed E-state index contributed by atoms with van der Waals surface area (Å²) in [5.74, 6) is 3.54. The zero-order chi connectivity index (χ0) is 15.4. The van der Waals surface area contributed by atoms with Crippen LogP contribution >= 0.6 is 0 Å². The highest BCUT2D eigenvalue weighted by molar-refractivity contribution is 4.99. The van der Waals surface area contributed by atoms with Gasteiger partial charge >= 0.3 is 0 Å². The van der Waals surface area contributed by atoms with Crippen LogP contribution in [-0.2, 0) is 25.9 Å². The summed E-state index contributed by atoms with van der Waals surface area (Å²) in [6.07, 6.45) is 6.56. The maximum Gasteiger partial charge on any atom is 0.243 e. The van der Waals surface area contributed by atoms with Crippen molar-refractivity contribution in [3.05, 3.63) is 23.4 Å². The number of fused-ring (bicyclic) bond motifs is 1. The molecule has 0 bridgehead atoms. The molecule has 0 aliphatic carbocycles. The van der Waals surface area contributed by atoms with Gasteiger partial charge in [-0.25, -0.2) is 0 Å². The Balaban J connectivity index is 1.56. The maximum atomic E-state index is 5.34. The third-order valence-electron chi connectivity index (χ3n) is 4.11. The summed E-state index contributed by atoms with van der Waals surface area (Å²) in [7, 11) is 0. The summed E-state index contributed by atoms with van der Waals surface area (Å²) in [6, 6.07) is 0.0133. The molecule has 3 heterocycles. The average Bonchev–Trinajstić information content (AvgIpc) is 3.18. The van der Waals surface area contributed by atoms with E-state index < -0.39 is 0 Å². The molecule has 1 aliphatic rings. The molecule has 1 N–H and O–H groups in total. The minimum Gasteiger partial charge on any atom is -0.338 e. The molecule has 0 saturated heterocycles. The van der Waals surface area contributed by atoms with Crippen molar-refractivity contribution in [1.82, 2.24) is 30.2 Å². The van der Waals surface area contributed by atoms with Crippen molar-refractivity contribution in [3.63, 3.8) is 0 Å². The van der Waals surface area contributed by atoms with Crippen LogP contribution in [0.3, 0.4) is 0 Å². The maximum absolute atomic E-state index is 5.34. The molecular weight excluding hydrogens is 280 g/mol. The Kier molecular flexibility index (Phi) is 4.82. The molecule has 22 heavy (non-hydrogen) atoms. The molecule has 0 radical (unpaired) electrons. The van der Waals surface area contributed by atoms with Gasteiger partial charge in [-0.1, -0.05) is 18.5 Å². The molecular formula is C15H24N6O. The second-order valence-corrected chi connectivity index (χ2v) is 5.90. The molecule has 3 rings (SSSR count). The van der Waals surface area contributed by atoms with Gasteiger partial charge in [0.15, 0.2) is 5.82 Å². The van der Waals surface area contributed by atoms with E-state index in [-0.39, 0.29) is 6.04 Å². The van der Waals surface area contributed by atoms with Crippen molar-refractivity contribution in [2.75, 3.05) is 0 Å². The smallest absolute Gasteiger partial charge is 0.243 e. The minimum atomic E-state index is 0.0133. The Morgan fingerprint density at radius 3 is 3.09 bits per heavy atom. The van der Waals surface area contributed by atoms with E-state index in [2.05, 4.69) is 37.1 Å². The van der Waals surface area contributed by atoms with Gasteiger partial charge in [-0.3, -0.25) is 5.32 Å². The van der Waals surface area contributed by atoms with Crippen LogP contribution in [0, 0.1) is 0 Å². The van der Waals surface area contributed by atoms with E-state index in [1.165, 1.54) is 12.8 Å². The van der Waals surface area contributed by atoms with Gasteiger partial charge in [-0.15, -0.1) is 10.2 Å². The predicted octanol–water partition coefficient (Wildman–Crippen LogP) is 2.19. The van der Waals surface area contributed by atoms with Gasteiger partial charge in [-0.05, 0) is 26.2 Å². The van der Waals surface area contributed by atoms with Crippen LogP contribution in [0.25, 0.3) is 0 Å². The van der Waals surface area contributed by atoms with Crippen molar-refractivity contribution in [1.29, 1.82) is 0 Å². The summed E-state index contributed by atoms with van der Waals surface area (Å²) in [4.78, 5) is 4.45. The van der Waals surface area contributed by atoms with Gasteiger partial charge in [0.25, 0.3) is 0 Å². The number of aryl methyl sites for hydroxylation is 2. The summed E-state index contributed by atoms with van der Waals surface area (Å²) in [6.45, 7) is 5.88. The molecule has 1 atom stereocenters. The SMILES string of the molecule is CCCCc1noc([C@H](C)NCc2nnc3n2CCCC3)n1. The first-order chi connectivity index (χ1) is 10.8. The first kappa shape index (κ1) is 15.1. The van der Waals surface area contributed by atoms with E-state index in [0.717, 1.165) is 49.7 Å². The summed E-state index contributed by atoms with van der Waals surface area (Å²) in [5, 5.41) is 16.0. The van der Waals surface area contributed by atoms with Crippen molar-refractivity contribution in [2.24, 2.45) is 0 Å². The van der Waals surface area contributed by atoms with Crippen LogP contribution in [0.4, 0.5) is 0 Å². The topological polar surface area (TPSA) is 81.7 Å². The molecule has 0 spiro atoms. The van der Waals surface area contributed by atoms with Crippen LogP contribution in [0.15, 0.2) is 4.52 Å². The Morgan fingerprint density at radius 1 is 1.32 bits per heavy atom. The van der Waals surface area contributed by atoms with Crippen LogP contribution in [0.5, 0.6) is 0 Å². The van der Waals surface area contributed by atoms with Crippen molar-refractivity contribution in [3.8, 4) is 0 Å². The van der Waals surface area contributed by atoms with E-state index in [9.17, 15) is 0 Å². The van der Waals surface area contributed by atoms with Gasteiger partial charge in [0.2, 0.25) is 5.89 Å². The second-order valence-electron chi connectivity index (χ2n) is 5.90. The number of hydrogen-bond acceptors (Lipinski definition) is 6. The summed E-state index contributed by atoms with van der Waals surface area (Å²) in [5.41, 5.74) is 0. The third kappa shape index (κ3) is 3.35. The van der Waals surface area contributed by atoms with Crippen molar-refractivity contribution >= 4 is 0 Å². The Morgan fingerprint density at radius 2 is 2.23 bits per heavy atom. The predicted molar refractivity (Wildman–Crippen MR) is 81.1 cm³/mol. The zero-order valence-corrected chi connectivity index (χ0v) is 13.4. The fraction of sp³-hybridized carbons (Fsp3) is 0.733. The van der Waals surface area contributed by atoms with Crippen molar-refractivity contribution < 1.29 is 4.52 Å². The largest absolute Gasteiger partial charge is 0.338 e. The number of rotatable bonds is 7. The normalized spacial score (nSPS) is 15.7. The average molecular weight is 304 g/mol. The highest BCUT2D eigenvalue weighted by Crippen LogP contribution is 2.16. The second kappa shape index (κ2) is 7.00. The molecule has 1 aliphatic heterocycles. The molecule has 0 fully saturated rings. The number of nitrogens with one attached hydrogen (secondary N) is 1. The van der Waals surface area contributed by atoms with Gasteiger partial charge in [0.1, 0.15) is 11.6 Å². The van der Waals surface area contributed by atoms with Gasteiger partial charge in [0, 0.05) is 19.4 Å². The first-order valence-corrected chi connectivity index (χ1v) is 8.24. The quantitative estimate of drug-likeness (QED) is 0.844. The monoisotopic (exact) mass is 304 g/mol. The molecule has 0 amide bonds. The fourth-order valence-corrected chi connectivity index (χ4v) is 2.71. The van der Waals surface area contributed by atoms with E-state index in [4.69, 9.17) is 4.52 Å². The lowest BCUT2D eigenvalue weighted by atomic mass is 10.2. The molecule has 2 aromatic rings. The van der Waals surface area contributed by atoms with E-state index in [0.29, 0.717) is 12.4 Å². The van der Waals surface area contributed by atoms with Gasteiger partial charge in [-0.2, -0.15) is 4.98 Å². The Labute approximate surface area is 130 Å². The standard InChI is InChI=1S/C15H24N6O/c1-3-4-7-12-17-15(22-20-12)11(2)16-10-14-19-18-13-8-5-6-9-21(13)14/h11,16H,3-10H2,1-2H3/t11-/m0/s1. The molecule has 0 unspecified atom stereocenters. The molecule has 2 aromatic heterocycles. The van der Waals surface area contributed by atoms with Crippen molar-refractivity contribution in [2.45, 2.75) is 71.5 Å². The number of aromatic nitrogens is 5. The lowest BCUT2D eigenvalue weighted by molar-refractivity contribution is 0.333. The molecule has 0 saturated carbocycles. The van der Waals surface area contributed by atoms with Gasteiger partial charge < -0.3 is 9.09 Å². The number of nitrogens with zero attached hydrogens (tertiary/aromatic N) is 5. The van der Waals surface area contributed by atoms with E-state index in [1.807, 2.05) is 6.92 Å². The fourth-order valence-electron chi connectivity index (χ4n) is 2.71. The number of unbranched alkanes of at least 4 members (excludes halogenated alkanes) is 1. The van der Waals surface area contributed by atoms with E-state index >= 15 is 0 Å². The van der Waals surface area contributed by atoms with Crippen LogP contribution in [-0.4, -0.2) is 24.9 Å². The van der Waals surface area contributed by atoms with Crippen LogP contribution in [0.2, 0.25) is 0 Å². The molecule has 120 valence electrons. The van der Waals surface area contributed by atoms with E-state index in [1.54, 1.807) is 0 Å². The number of hydrogen-bond donors (Lipinski definition) is 1. The Hall–Kier alpha value is -1.76. The third-order valence-corrected chi connectivity index (χ3v) is 4.11. The molecule has 7 heteroatoms.